The number of nitrogens with zero attached hydrogens (tertiary/aromatic N) is 1. The second-order valence-corrected chi connectivity index (χ2v) is 3.79. The average Bonchev–Trinajstić information content (AvgIpc) is 2.43. The van der Waals surface area contributed by atoms with Crippen LogP contribution in [0.3, 0.4) is 0 Å². The Balaban J connectivity index is 2.43. The number of halogens is 1. The van der Waals surface area contributed by atoms with Crippen LogP contribution in [0.2, 0.25) is 0 Å². The first-order chi connectivity index (χ1) is 7.06. The molecule has 1 saturated heterocycles. The number of carbonyl (C=O) groups excluding carboxylic acids is 3. The zero-order valence-corrected chi connectivity index (χ0v) is 9.21. The fraction of sp³-hybridized carbons (Fsp3) is 0.667. The summed E-state index contributed by atoms with van der Waals surface area (Å²) in [6.07, 6.45) is 0.908. The molecule has 0 spiro atoms. The first-order valence-corrected chi connectivity index (χ1v) is 5.25. The number of amides is 3. The zero-order chi connectivity index (χ0) is 11.4. The van der Waals surface area contributed by atoms with E-state index in [2.05, 4.69) is 5.32 Å². The van der Waals surface area contributed by atoms with E-state index < -0.39 is 6.04 Å². The maximum atomic E-state index is 11.4. The number of imide groups is 1. The van der Waals surface area contributed by atoms with Gasteiger partial charge >= 0.3 is 0 Å². The van der Waals surface area contributed by atoms with Gasteiger partial charge in [-0.05, 0) is 6.42 Å². The van der Waals surface area contributed by atoms with Crippen molar-refractivity contribution in [1.29, 1.82) is 0 Å². The molecule has 0 aromatic rings. The molecule has 1 aliphatic heterocycles. The van der Waals surface area contributed by atoms with Gasteiger partial charge < -0.3 is 5.32 Å². The molecule has 6 heteroatoms. The lowest BCUT2D eigenvalue weighted by Gasteiger charge is -2.10. The topological polar surface area (TPSA) is 66.5 Å². The van der Waals surface area contributed by atoms with Crippen LogP contribution in [-0.2, 0) is 14.4 Å². The van der Waals surface area contributed by atoms with Crippen molar-refractivity contribution in [3.63, 3.8) is 0 Å². The molecule has 0 radical (unpaired) electrons. The Labute approximate surface area is 92.8 Å². The fourth-order valence-electron chi connectivity index (χ4n) is 1.36. The van der Waals surface area contributed by atoms with Gasteiger partial charge in [0.25, 0.3) is 5.91 Å². The molecule has 1 rings (SSSR count). The highest BCUT2D eigenvalue weighted by molar-refractivity contribution is 6.17. The van der Waals surface area contributed by atoms with Crippen molar-refractivity contribution in [3.05, 3.63) is 0 Å². The van der Waals surface area contributed by atoms with Gasteiger partial charge in [0.15, 0.2) is 0 Å². The molecule has 0 aliphatic carbocycles. The molecule has 1 aliphatic rings. The summed E-state index contributed by atoms with van der Waals surface area (Å²) in [6.45, 7) is 0. The number of nitrogens with one attached hydrogen (secondary N) is 1. The number of likely N-dealkylation sites (N-methyl/N-ethyl adjacent to an activating group) is 1. The smallest absolute Gasteiger partial charge is 0.252 e. The van der Waals surface area contributed by atoms with Crippen molar-refractivity contribution in [2.45, 2.75) is 25.3 Å². The summed E-state index contributed by atoms with van der Waals surface area (Å²) in [5, 5.41) is 2.51. The van der Waals surface area contributed by atoms with Gasteiger partial charge in [-0.15, -0.1) is 11.6 Å². The van der Waals surface area contributed by atoms with Crippen molar-refractivity contribution < 1.29 is 14.4 Å². The third kappa shape index (κ3) is 2.92. The SMILES string of the molecule is CN1C(=O)CC(NC(=O)CCCCl)C1=O. The van der Waals surface area contributed by atoms with Crippen molar-refractivity contribution in [2.75, 3.05) is 12.9 Å². The minimum Gasteiger partial charge on any atom is -0.344 e. The number of rotatable bonds is 4. The second-order valence-electron chi connectivity index (χ2n) is 3.41. The van der Waals surface area contributed by atoms with Crippen LogP contribution in [0.5, 0.6) is 0 Å². The molecule has 15 heavy (non-hydrogen) atoms. The third-order valence-corrected chi connectivity index (χ3v) is 2.52. The van der Waals surface area contributed by atoms with E-state index in [0.29, 0.717) is 12.3 Å². The maximum Gasteiger partial charge on any atom is 0.252 e. The van der Waals surface area contributed by atoms with Crippen molar-refractivity contribution in [1.82, 2.24) is 10.2 Å². The Hall–Kier alpha value is -1.10. The van der Waals surface area contributed by atoms with Crippen LogP contribution in [0.25, 0.3) is 0 Å². The van der Waals surface area contributed by atoms with E-state index in [9.17, 15) is 14.4 Å². The minimum absolute atomic E-state index is 0.0575. The normalized spacial score (nSPS) is 20.9. The Morgan fingerprint density at radius 1 is 1.60 bits per heavy atom. The van der Waals surface area contributed by atoms with Gasteiger partial charge in [-0.3, -0.25) is 19.3 Å². The molecule has 0 bridgehead atoms. The van der Waals surface area contributed by atoms with Crippen LogP contribution in [0, 0.1) is 0 Å². The van der Waals surface area contributed by atoms with Gasteiger partial charge in [0, 0.05) is 19.3 Å². The van der Waals surface area contributed by atoms with E-state index in [0.717, 1.165) is 4.90 Å². The molecular weight excluding hydrogens is 220 g/mol. The summed E-state index contributed by atoms with van der Waals surface area (Å²) in [5.41, 5.74) is 0. The number of alkyl halides is 1. The summed E-state index contributed by atoms with van der Waals surface area (Å²) < 4.78 is 0. The van der Waals surface area contributed by atoms with Gasteiger partial charge in [-0.25, -0.2) is 0 Å². The lowest BCUT2D eigenvalue weighted by Crippen LogP contribution is -2.40. The van der Waals surface area contributed by atoms with Crippen LogP contribution in [-0.4, -0.2) is 41.6 Å². The monoisotopic (exact) mass is 232 g/mol. The first-order valence-electron chi connectivity index (χ1n) is 4.72. The molecule has 1 atom stereocenters. The molecule has 0 aromatic carbocycles. The fourth-order valence-corrected chi connectivity index (χ4v) is 1.50. The quantitative estimate of drug-likeness (QED) is 0.543. The molecule has 1 unspecified atom stereocenters. The van der Waals surface area contributed by atoms with Gasteiger partial charge in [0.05, 0.1) is 6.42 Å². The molecule has 1 heterocycles. The standard InChI is InChI=1S/C9H13ClN2O3/c1-12-8(14)5-6(9(12)15)11-7(13)3-2-4-10/h6H,2-5H2,1H3,(H,11,13). The third-order valence-electron chi connectivity index (χ3n) is 2.25. The van der Waals surface area contributed by atoms with Gasteiger partial charge in [-0.2, -0.15) is 0 Å². The highest BCUT2D eigenvalue weighted by Crippen LogP contribution is 2.10. The molecule has 1 N–H and O–H groups in total. The van der Waals surface area contributed by atoms with E-state index in [4.69, 9.17) is 11.6 Å². The van der Waals surface area contributed by atoms with E-state index >= 15 is 0 Å². The first kappa shape index (κ1) is 12.0. The predicted molar refractivity (Wildman–Crippen MR) is 54.3 cm³/mol. The van der Waals surface area contributed by atoms with Crippen LogP contribution in [0.15, 0.2) is 0 Å². The molecule has 5 nitrogen and oxygen atoms in total. The summed E-state index contributed by atoms with van der Waals surface area (Å²) in [4.78, 5) is 34.8. The van der Waals surface area contributed by atoms with Crippen LogP contribution in [0.4, 0.5) is 0 Å². The highest BCUT2D eigenvalue weighted by atomic mass is 35.5. The lowest BCUT2D eigenvalue weighted by atomic mass is 10.2. The summed E-state index contributed by atoms with van der Waals surface area (Å²) in [6, 6.07) is -0.690. The Kier molecular flexibility index (Phi) is 4.08. The Morgan fingerprint density at radius 2 is 2.27 bits per heavy atom. The number of hydrogen-bond donors (Lipinski definition) is 1. The van der Waals surface area contributed by atoms with Crippen LogP contribution in [0.1, 0.15) is 19.3 Å². The van der Waals surface area contributed by atoms with Crippen molar-refractivity contribution in [2.24, 2.45) is 0 Å². The zero-order valence-electron chi connectivity index (χ0n) is 8.46. The average molecular weight is 233 g/mol. The van der Waals surface area contributed by atoms with E-state index in [1.165, 1.54) is 7.05 Å². The molecular formula is C9H13ClN2O3. The van der Waals surface area contributed by atoms with Gasteiger partial charge in [0.2, 0.25) is 11.8 Å². The van der Waals surface area contributed by atoms with Crippen LogP contribution >= 0.6 is 11.6 Å². The van der Waals surface area contributed by atoms with E-state index in [1.807, 2.05) is 0 Å². The molecule has 84 valence electrons. The maximum absolute atomic E-state index is 11.4. The molecule has 3 amide bonds. The lowest BCUT2D eigenvalue weighted by molar-refractivity contribution is -0.138. The summed E-state index contributed by atoms with van der Waals surface area (Å²) in [7, 11) is 1.41. The predicted octanol–water partition coefficient (Wildman–Crippen LogP) is -0.121. The number of likely N-dealkylation sites (tertiary alicyclic amines) is 1. The number of hydrogen-bond acceptors (Lipinski definition) is 3. The van der Waals surface area contributed by atoms with E-state index in [-0.39, 0.29) is 30.6 Å². The van der Waals surface area contributed by atoms with E-state index in [1.54, 1.807) is 0 Å². The van der Waals surface area contributed by atoms with Crippen molar-refractivity contribution >= 4 is 29.3 Å². The van der Waals surface area contributed by atoms with Gasteiger partial charge in [-0.1, -0.05) is 0 Å². The summed E-state index contributed by atoms with van der Waals surface area (Å²) >= 11 is 5.43. The molecule has 1 fully saturated rings. The second kappa shape index (κ2) is 5.11. The summed E-state index contributed by atoms with van der Waals surface area (Å²) in [5.74, 6) is -0.441. The van der Waals surface area contributed by atoms with Gasteiger partial charge in [0.1, 0.15) is 6.04 Å². The Bertz CT molecular complexity index is 293. The largest absolute Gasteiger partial charge is 0.344 e. The Morgan fingerprint density at radius 3 is 2.73 bits per heavy atom. The van der Waals surface area contributed by atoms with Crippen molar-refractivity contribution in [3.8, 4) is 0 Å². The number of carbonyl (C=O) groups is 3. The van der Waals surface area contributed by atoms with Crippen LogP contribution < -0.4 is 5.32 Å². The molecule has 0 saturated carbocycles. The highest BCUT2D eigenvalue weighted by Gasteiger charge is 2.36. The minimum atomic E-state index is -0.690. The molecule has 0 aromatic heterocycles.